The number of carbonyl (C=O) groups excluding carboxylic acids is 1. The smallest absolute Gasteiger partial charge is 0.268 e. The first-order valence-corrected chi connectivity index (χ1v) is 8.53. The summed E-state index contributed by atoms with van der Waals surface area (Å²) < 4.78 is 26.4. The van der Waals surface area contributed by atoms with Crippen molar-refractivity contribution in [1.29, 1.82) is 0 Å². The van der Waals surface area contributed by atoms with Gasteiger partial charge in [0.2, 0.25) is 0 Å². The zero-order valence-electron chi connectivity index (χ0n) is 10.8. The summed E-state index contributed by atoms with van der Waals surface area (Å²) in [5, 5.41) is 3.26. The quantitative estimate of drug-likeness (QED) is 0.807. The van der Waals surface area contributed by atoms with E-state index in [9.17, 15) is 13.2 Å². The lowest BCUT2D eigenvalue weighted by molar-refractivity contribution is 0.0983. The number of amides is 1. The van der Waals surface area contributed by atoms with Crippen LogP contribution in [0, 0.1) is 0 Å². The molecule has 0 radical (unpaired) electrons. The van der Waals surface area contributed by atoms with Crippen LogP contribution in [0.5, 0.6) is 0 Å². The number of hydrogen-bond donors (Lipinski definition) is 1. The zero-order chi connectivity index (χ0) is 14.9. The highest BCUT2D eigenvalue weighted by molar-refractivity contribution is 7.92. The first-order valence-electron chi connectivity index (χ1n) is 6.16. The molecule has 4 nitrogen and oxygen atoms in total. The Morgan fingerprint density at radius 1 is 0.952 bits per heavy atom. The molecule has 0 spiro atoms. The second-order valence-electron chi connectivity index (χ2n) is 4.39. The molecule has 0 saturated carbocycles. The fourth-order valence-electron chi connectivity index (χ4n) is 2.07. The Bertz CT molecular complexity index is 894. The molecule has 0 bridgehead atoms. The van der Waals surface area contributed by atoms with E-state index < -0.39 is 15.9 Å². The van der Waals surface area contributed by atoms with Gasteiger partial charge < -0.3 is 0 Å². The SMILES string of the molecule is O=C(NS(=O)(=O)c1cccs1)c1cccc2ccccc12. The van der Waals surface area contributed by atoms with Crippen LogP contribution in [0.15, 0.2) is 64.2 Å². The van der Waals surface area contributed by atoms with Gasteiger partial charge >= 0.3 is 0 Å². The summed E-state index contributed by atoms with van der Waals surface area (Å²) in [6.07, 6.45) is 0. The van der Waals surface area contributed by atoms with E-state index in [2.05, 4.69) is 4.72 Å². The van der Waals surface area contributed by atoms with Gasteiger partial charge in [-0.15, -0.1) is 11.3 Å². The van der Waals surface area contributed by atoms with Crippen molar-refractivity contribution in [2.45, 2.75) is 4.21 Å². The van der Waals surface area contributed by atoms with Gasteiger partial charge in [-0.1, -0.05) is 42.5 Å². The number of thiophene rings is 1. The van der Waals surface area contributed by atoms with Crippen molar-refractivity contribution in [3.63, 3.8) is 0 Å². The summed E-state index contributed by atoms with van der Waals surface area (Å²) in [6, 6.07) is 15.7. The van der Waals surface area contributed by atoms with Crippen LogP contribution in [-0.4, -0.2) is 14.3 Å². The van der Waals surface area contributed by atoms with Crippen LogP contribution in [0.2, 0.25) is 0 Å². The molecule has 106 valence electrons. The molecule has 2 aromatic carbocycles. The van der Waals surface area contributed by atoms with Crippen molar-refractivity contribution in [2.24, 2.45) is 0 Å². The average Bonchev–Trinajstić information content (AvgIpc) is 3.01. The van der Waals surface area contributed by atoms with E-state index in [4.69, 9.17) is 0 Å². The summed E-state index contributed by atoms with van der Waals surface area (Å²) in [4.78, 5) is 12.3. The van der Waals surface area contributed by atoms with Crippen molar-refractivity contribution in [3.8, 4) is 0 Å². The summed E-state index contributed by atoms with van der Waals surface area (Å²) in [5.74, 6) is -0.625. The largest absolute Gasteiger partial charge is 0.273 e. The molecule has 1 aromatic heterocycles. The maximum Gasteiger partial charge on any atom is 0.273 e. The van der Waals surface area contributed by atoms with Gasteiger partial charge in [-0.05, 0) is 28.3 Å². The average molecular weight is 317 g/mol. The minimum Gasteiger partial charge on any atom is -0.268 e. The number of rotatable bonds is 3. The van der Waals surface area contributed by atoms with Gasteiger partial charge in [-0.3, -0.25) is 4.79 Å². The van der Waals surface area contributed by atoms with Crippen molar-refractivity contribution >= 4 is 38.0 Å². The third-order valence-electron chi connectivity index (χ3n) is 3.02. The van der Waals surface area contributed by atoms with Crippen LogP contribution in [0.25, 0.3) is 10.8 Å². The Balaban J connectivity index is 1.99. The topological polar surface area (TPSA) is 63.2 Å². The van der Waals surface area contributed by atoms with E-state index in [-0.39, 0.29) is 4.21 Å². The maximum atomic E-state index is 12.3. The van der Waals surface area contributed by atoms with Crippen molar-refractivity contribution in [2.75, 3.05) is 0 Å². The number of benzene rings is 2. The molecule has 0 aliphatic rings. The Morgan fingerprint density at radius 3 is 2.48 bits per heavy atom. The number of sulfonamides is 1. The van der Waals surface area contributed by atoms with E-state index in [1.807, 2.05) is 24.3 Å². The normalized spacial score (nSPS) is 11.4. The van der Waals surface area contributed by atoms with Gasteiger partial charge in [0.25, 0.3) is 15.9 Å². The van der Waals surface area contributed by atoms with Crippen LogP contribution >= 0.6 is 11.3 Å². The number of hydrogen-bond acceptors (Lipinski definition) is 4. The fraction of sp³-hybridized carbons (Fsp3) is 0. The predicted octanol–water partition coefficient (Wildman–Crippen LogP) is 3.02. The fourth-order valence-corrected chi connectivity index (χ4v) is 4.03. The lowest BCUT2D eigenvalue weighted by Crippen LogP contribution is -2.30. The molecule has 1 N–H and O–H groups in total. The van der Waals surface area contributed by atoms with E-state index in [0.29, 0.717) is 5.56 Å². The molecule has 21 heavy (non-hydrogen) atoms. The van der Waals surface area contributed by atoms with Gasteiger partial charge in [-0.2, -0.15) is 0 Å². The van der Waals surface area contributed by atoms with Crippen LogP contribution in [0.1, 0.15) is 10.4 Å². The highest BCUT2D eigenvalue weighted by Gasteiger charge is 2.20. The molecule has 0 unspecified atom stereocenters. The van der Waals surface area contributed by atoms with Gasteiger partial charge in [0.05, 0.1) is 0 Å². The molecule has 0 aliphatic heterocycles. The third-order valence-corrected chi connectivity index (χ3v) is 5.75. The Labute approximate surface area is 126 Å². The summed E-state index contributed by atoms with van der Waals surface area (Å²) >= 11 is 1.07. The molecule has 0 fully saturated rings. The van der Waals surface area contributed by atoms with Crippen LogP contribution in [0.4, 0.5) is 0 Å². The van der Waals surface area contributed by atoms with E-state index in [1.165, 1.54) is 6.07 Å². The van der Waals surface area contributed by atoms with E-state index in [0.717, 1.165) is 22.1 Å². The van der Waals surface area contributed by atoms with Gasteiger partial charge in [0.1, 0.15) is 4.21 Å². The predicted molar refractivity (Wildman–Crippen MR) is 82.9 cm³/mol. The lowest BCUT2D eigenvalue weighted by atomic mass is 10.0. The van der Waals surface area contributed by atoms with Crippen LogP contribution in [0.3, 0.4) is 0 Å². The molecule has 6 heteroatoms. The highest BCUT2D eigenvalue weighted by Crippen LogP contribution is 2.20. The van der Waals surface area contributed by atoms with Crippen LogP contribution in [-0.2, 0) is 10.0 Å². The first kappa shape index (κ1) is 13.8. The van der Waals surface area contributed by atoms with E-state index >= 15 is 0 Å². The van der Waals surface area contributed by atoms with Crippen LogP contribution < -0.4 is 4.72 Å². The Hall–Kier alpha value is -2.18. The van der Waals surface area contributed by atoms with Crippen molar-refractivity contribution in [3.05, 3.63) is 65.5 Å². The lowest BCUT2D eigenvalue weighted by Gasteiger charge is -2.07. The zero-order valence-corrected chi connectivity index (χ0v) is 12.4. The Kier molecular flexibility index (Phi) is 3.48. The first-order chi connectivity index (χ1) is 10.1. The number of nitrogens with one attached hydrogen (secondary N) is 1. The summed E-state index contributed by atoms with van der Waals surface area (Å²) in [6.45, 7) is 0. The molecule has 0 aliphatic carbocycles. The summed E-state index contributed by atoms with van der Waals surface area (Å²) in [5.41, 5.74) is 0.341. The van der Waals surface area contributed by atoms with Gasteiger partial charge in [0.15, 0.2) is 0 Å². The number of fused-ring (bicyclic) bond motifs is 1. The molecule has 0 saturated heterocycles. The molecule has 3 rings (SSSR count). The highest BCUT2D eigenvalue weighted by atomic mass is 32.2. The standard InChI is InChI=1S/C15H11NO3S2/c17-15(16-21(18,19)14-9-4-10-20-14)13-8-3-6-11-5-1-2-7-12(11)13/h1-10H,(H,16,17). The minimum absolute atomic E-state index is 0.121. The number of carbonyl (C=O) groups is 1. The molecular weight excluding hydrogens is 306 g/mol. The van der Waals surface area contributed by atoms with Gasteiger partial charge in [-0.25, -0.2) is 13.1 Å². The third kappa shape index (κ3) is 2.68. The molecule has 0 atom stereocenters. The van der Waals surface area contributed by atoms with E-state index in [1.54, 1.807) is 29.6 Å². The molecule has 1 amide bonds. The second-order valence-corrected chi connectivity index (χ2v) is 7.25. The van der Waals surface area contributed by atoms with Crippen molar-refractivity contribution in [1.82, 2.24) is 4.72 Å². The van der Waals surface area contributed by atoms with Gasteiger partial charge in [0, 0.05) is 5.56 Å². The second kappa shape index (κ2) is 5.31. The Morgan fingerprint density at radius 2 is 1.71 bits per heavy atom. The molecule has 1 heterocycles. The maximum absolute atomic E-state index is 12.3. The molecular formula is C15H11NO3S2. The van der Waals surface area contributed by atoms with Crippen molar-refractivity contribution < 1.29 is 13.2 Å². The minimum atomic E-state index is -3.81. The monoisotopic (exact) mass is 317 g/mol. The summed E-state index contributed by atoms with van der Waals surface area (Å²) in [7, 11) is -3.81. The molecule has 3 aromatic rings.